The van der Waals surface area contributed by atoms with Crippen LogP contribution in [0.15, 0.2) is 22.9 Å². The Labute approximate surface area is 130 Å². The Balaban J connectivity index is 1.70. The SMILES string of the molecule is CCn1nc(Br)nc1Nc1ccc2c(c1)C1(CC1)NC2=O. The fourth-order valence-corrected chi connectivity index (χ4v) is 3.20. The number of aromatic nitrogens is 3. The molecule has 1 aliphatic heterocycles. The van der Waals surface area contributed by atoms with Crippen LogP contribution in [-0.2, 0) is 12.1 Å². The molecule has 4 rings (SSSR count). The van der Waals surface area contributed by atoms with Gasteiger partial charge in [0.05, 0.1) is 5.54 Å². The Bertz CT molecular complexity index is 750. The third kappa shape index (κ3) is 1.95. The van der Waals surface area contributed by atoms with Gasteiger partial charge < -0.3 is 10.6 Å². The summed E-state index contributed by atoms with van der Waals surface area (Å²) in [5.41, 5.74) is 2.70. The number of fused-ring (bicyclic) bond motifs is 2. The molecular formula is C14H14BrN5O. The van der Waals surface area contributed by atoms with Crippen LogP contribution < -0.4 is 10.6 Å². The van der Waals surface area contributed by atoms with Crippen LogP contribution >= 0.6 is 15.9 Å². The predicted octanol–water partition coefficient (Wildman–Crippen LogP) is 2.54. The van der Waals surface area contributed by atoms with E-state index in [2.05, 4.69) is 36.6 Å². The minimum Gasteiger partial charge on any atom is -0.342 e. The first-order chi connectivity index (χ1) is 10.1. The summed E-state index contributed by atoms with van der Waals surface area (Å²) in [6, 6.07) is 5.83. The molecule has 2 heterocycles. The van der Waals surface area contributed by atoms with E-state index in [0.29, 0.717) is 10.7 Å². The van der Waals surface area contributed by atoms with Crippen LogP contribution in [0, 0.1) is 0 Å². The number of carbonyl (C=O) groups excluding carboxylic acids is 1. The van der Waals surface area contributed by atoms with Gasteiger partial charge >= 0.3 is 0 Å². The second-order valence-electron chi connectivity index (χ2n) is 5.44. The summed E-state index contributed by atoms with van der Waals surface area (Å²) in [6.07, 6.45) is 2.04. The van der Waals surface area contributed by atoms with E-state index in [1.54, 1.807) is 4.68 Å². The lowest BCUT2D eigenvalue weighted by Gasteiger charge is -2.11. The average Bonchev–Trinajstić information content (AvgIpc) is 3.07. The number of carbonyl (C=O) groups is 1. The molecule has 0 radical (unpaired) electrons. The van der Waals surface area contributed by atoms with Crippen molar-refractivity contribution < 1.29 is 4.79 Å². The van der Waals surface area contributed by atoms with Crippen molar-refractivity contribution in [1.82, 2.24) is 20.1 Å². The van der Waals surface area contributed by atoms with Gasteiger partial charge in [-0.2, -0.15) is 4.98 Å². The van der Waals surface area contributed by atoms with Crippen molar-refractivity contribution in [2.45, 2.75) is 31.8 Å². The first-order valence-electron chi connectivity index (χ1n) is 6.96. The zero-order chi connectivity index (χ0) is 14.6. The molecule has 0 saturated heterocycles. The molecule has 1 aromatic carbocycles. The number of rotatable bonds is 3. The van der Waals surface area contributed by atoms with Crippen LogP contribution in [0.2, 0.25) is 0 Å². The van der Waals surface area contributed by atoms with Gasteiger partial charge in [-0.05, 0) is 59.5 Å². The van der Waals surface area contributed by atoms with Gasteiger partial charge in [-0.15, -0.1) is 5.10 Å². The van der Waals surface area contributed by atoms with Crippen molar-refractivity contribution in [2.75, 3.05) is 5.32 Å². The van der Waals surface area contributed by atoms with Gasteiger partial charge in [0.15, 0.2) is 0 Å². The van der Waals surface area contributed by atoms with Crippen LogP contribution in [0.3, 0.4) is 0 Å². The highest BCUT2D eigenvalue weighted by Crippen LogP contribution is 2.50. The first-order valence-corrected chi connectivity index (χ1v) is 7.75. The minimum atomic E-state index is -0.108. The van der Waals surface area contributed by atoms with Gasteiger partial charge in [-0.25, -0.2) is 4.68 Å². The summed E-state index contributed by atoms with van der Waals surface area (Å²) in [4.78, 5) is 16.2. The maximum absolute atomic E-state index is 11.9. The van der Waals surface area contributed by atoms with Gasteiger partial charge in [-0.3, -0.25) is 4.79 Å². The normalized spacial score (nSPS) is 17.7. The Hall–Kier alpha value is -1.89. The number of halogens is 1. The van der Waals surface area contributed by atoms with Crippen molar-refractivity contribution in [3.05, 3.63) is 34.1 Å². The quantitative estimate of drug-likeness (QED) is 0.894. The molecule has 0 bridgehead atoms. The van der Waals surface area contributed by atoms with Crippen LogP contribution in [0.25, 0.3) is 0 Å². The largest absolute Gasteiger partial charge is 0.342 e. The molecule has 0 unspecified atom stereocenters. The number of hydrogen-bond donors (Lipinski definition) is 2. The Kier molecular flexibility index (Phi) is 2.63. The topological polar surface area (TPSA) is 71.8 Å². The Morgan fingerprint density at radius 3 is 3.00 bits per heavy atom. The highest BCUT2D eigenvalue weighted by molar-refractivity contribution is 9.10. The summed E-state index contributed by atoms with van der Waals surface area (Å²) in [5.74, 6) is 0.722. The molecule has 1 aromatic heterocycles. The molecule has 2 aliphatic rings. The van der Waals surface area contributed by atoms with Gasteiger partial charge in [0.25, 0.3) is 5.91 Å². The van der Waals surface area contributed by atoms with Crippen molar-refractivity contribution in [3.8, 4) is 0 Å². The summed E-state index contributed by atoms with van der Waals surface area (Å²) < 4.78 is 2.34. The molecule has 0 atom stereocenters. The average molecular weight is 348 g/mol. The fraction of sp³-hybridized carbons (Fsp3) is 0.357. The van der Waals surface area contributed by atoms with Crippen LogP contribution in [0.1, 0.15) is 35.7 Å². The molecule has 1 spiro atoms. The van der Waals surface area contributed by atoms with E-state index in [-0.39, 0.29) is 11.4 Å². The zero-order valence-corrected chi connectivity index (χ0v) is 13.1. The molecule has 2 N–H and O–H groups in total. The lowest BCUT2D eigenvalue weighted by molar-refractivity contribution is 0.0952. The maximum atomic E-state index is 11.9. The first kappa shape index (κ1) is 12.8. The van der Waals surface area contributed by atoms with Crippen molar-refractivity contribution in [1.29, 1.82) is 0 Å². The molecule has 6 nitrogen and oxygen atoms in total. The van der Waals surface area contributed by atoms with E-state index in [4.69, 9.17) is 0 Å². The number of aryl methyl sites for hydroxylation is 1. The number of amides is 1. The molecule has 21 heavy (non-hydrogen) atoms. The number of benzene rings is 1. The molecule has 108 valence electrons. The van der Waals surface area contributed by atoms with Crippen LogP contribution in [0.4, 0.5) is 11.6 Å². The van der Waals surface area contributed by atoms with E-state index in [1.807, 2.05) is 25.1 Å². The third-order valence-corrected chi connectivity index (χ3v) is 4.42. The Morgan fingerprint density at radius 1 is 1.48 bits per heavy atom. The lowest BCUT2D eigenvalue weighted by Crippen LogP contribution is -2.25. The van der Waals surface area contributed by atoms with Crippen LogP contribution in [0.5, 0.6) is 0 Å². The molecule has 1 fully saturated rings. The highest BCUT2D eigenvalue weighted by atomic mass is 79.9. The second kappa shape index (κ2) is 4.30. The standard InChI is InChI=1S/C14H14BrN5O/c1-2-20-13(17-12(15)19-20)16-8-3-4-9-10(7-8)14(5-6-14)18-11(9)21/h3-4,7H,2,5-6H2,1H3,(H,18,21)(H,16,17,19). The van der Waals surface area contributed by atoms with E-state index in [9.17, 15) is 4.79 Å². The van der Waals surface area contributed by atoms with Gasteiger partial charge in [-0.1, -0.05) is 0 Å². The molecule has 1 aliphatic carbocycles. The summed E-state index contributed by atoms with van der Waals surface area (Å²) in [5, 5.41) is 10.6. The van der Waals surface area contributed by atoms with E-state index >= 15 is 0 Å². The Morgan fingerprint density at radius 2 is 2.29 bits per heavy atom. The highest BCUT2D eigenvalue weighted by Gasteiger charge is 2.52. The monoisotopic (exact) mass is 347 g/mol. The second-order valence-corrected chi connectivity index (χ2v) is 6.15. The summed E-state index contributed by atoms with van der Waals surface area (Å²) in [6.45, 7) is 2.74. The predicted molar refractivity (Wildman–Crippen MR) is 81.5 cm³/mol. The van der Waals surface area contributed by atoms with E-state index < -0.39 is 0 Å². The minimum absolute atomic E-state index is 0.0357. The molecule has 7 heteroatoms. The van der Waals surface area contributed by atoms with Crippen molar-refractivity contribution in [2.24, 2.45) is 0 Å². The van der Waals surface area contributed by atoms with Gasteiger partial charge in [0.1, 0.15) is 0 Å². The maximum Gasteiger partial charge on any atom is 0.252 e. The molecule has 1 amide bonds. The third-order valence-electron chi connectivity index (χ3n) is 4.08. The number of nitrogens with zero attached hydrogens (tertiary/aromatic N) is 3. The fourth-order valence-electron chi connectivity index (χ4n) is 2.84. The number of nitrogens with one attached hydrogen (secondary N) is 2. The van der Waals surface area contributed by atoms with Crippen LogP contribution in [-0.4, -0.2) is 20.7 Å². The van der Waals surface area contributed by atoms with E-state index in [1.165, 1.54) is 0 Å². The van der Waals surface area contributed by atoms with Gasteiger partial charge in [0.2, 0.25) is 10.7 Å². The lowest BCUT2D eigenvalue weighted by atomic mass is 10.0. The number of hydrogen-bond acceptors (Lipinski definition) is 4. The van der Waals surface area contributed by atoms with Crippen molar-refractivity contribution >= 4 is 33.5 Å². The molecule has 2 aromatic rings. The zero-order valence-electron chi connectivity index (χ0n) is 11.5. The molecular weight excluding hydrogens is 334 g/mol. The number of anilines is 2. The van der Waals surface area contributed by atoms with Crippen molar-refractivity contribution in [3.63, 3.8) is 0 Å². The smallest absolute Gasteiger partial charge is 0.252 e. The summed E-state index contributed by atoms with van der Waals surface area (Å²) >= 11 is 3.29. The summed E-state index contributed by atoms with van der Waals surface area (Å²) in [7, 11) is 0. The van der Waals surface area contributed by atoms with E-state index in [0.717, 1.165) is 36.2 Å². The van der Waals surface area contributed by atoms with Gasteiger partial charge in [0, 0.05) is 17.8 Å². The molecule has 1 saturated carbocycles.